The average Bonchev–Trinajstić information content (AvgIpc) is 2.45. The van der Waals surface area contributed by atoms with E-state index in [0.29, 0.717) is 12.0 Å². The fourth-order valence-corrected chi connectivity index (χ4v) is 2.53. The summed E-state index contributed by atoms with van der Waals surface area (Å²) in [6, 6.07) is 4.12. The van der Waals surface area contributed by atoms with Gasteiger partial charge in [0, 0.05) is 7.05 Å². The van der Waals surface area contributed by atoms with E-state index in [-0.39, 0.29) is 22.7 Å². The van der Waals surface area contributed by atoms with Crippen molar-refractivity contribution < 1.29 is 18.7 Å². The van der Waals surface area contributed by atoms with Gasteiger partial charge in [0.25, 0.3) is 0 Å². The predicted octanol–water partition coefficient (Wildman–Crippen LogP) is 4.72. The molecule has 0 radical (unpaired) electrons. The van der Waals surface area contributed by atoms with Crippen molar-refractivity contribution in [3.63, 3.8) is 0 Å². The quantitative estimate of drug-likeness (QED) is 0.542. The lowest BCUT2D eigenvalue weighted by molar-refractivity contribution is 0.0215. The lowest BCUT2D eigenvalue weighted by Gasteiger charge is -2.30. The van der Waals surface area contributed by atoms with Crippen LogP contribution in [0.4, 0.5) is 9.18 Å². The third kappa shape index (κ3) is 5.30. The highest BCUT2D eigenvalue weighted by Crippen LogP contribution is 2.26. The Bertz CT molecular complexity index is 584. The highest BCUT2D eigenvalue weighted by atomic mass is 79.9. The predicted molar refractivity (Wildman–Crippen MR) is 91.6 cm³/mol. The Kier molecular flexibility index (Phi) is 6.74. The molecule has 128 valence electrons. The number of hydrogen-bond acceptors (Lipinski definition) is 3. The van der Waals surface area contributed by atoms with Gasteiger partial charge in [-0.1, -0.05) is 28.9 Å². The van der Waals surface area contributed by atoms with Crippen LogP contribution in [-0.4, -0.2) is 34.8 Å². The van der Waals surface area contributed by atoms with E-state index in [1.54, 1.807) is 33.9 Å². The van der Waals surface area contributed by atoms with E-state index in [2.05, 4.69) is 15.9 Å². The molecule has 1 rings (SSSR count). The van der Waals surface area contributed by atoms with Gasteiger partial charge in [-0.3, -0.25) is 4.79 Å². The zero-order chi connectivity index (χ0) is 17.8. The zero-order valence-corrected chi connectivity index (χ0v) is 15.7. The number of ketones is 1. The Morgan fingerprint density at radius 1 is 1.35 bits per heavy atom. The smallest absolute Gasteiger partial charge is 0.410 e. The van der Waals surface area contributed by atoms with Crippen molar-refractivity contribution in [1.82, 2.24) is 4.90 Å². The molecule has 1 amide bonds. The van der Waals surface area contributed by atoms with Crippen LogP contribution in [-0.2, 0) is 4.74 Å². The summed E-state index contributed by atoms with van der Waals surface area (Å²) in [6.07, 6.45) is 0.131. The topological polar surface area (TPSA) is 46.6 Å². The number of nitrogens with zero attached hydrogens (tertiary/aromatic N) is 1. The van der Waals surface area contributed by atoms with Crippen molar-refractivity contribution >= 4 is 27.8 Å². The molecule has 0 aromatic heterocycles. The van der Waals surface area contributed by atoms with E-state index >= 15 is 0 Å². The molecule has 0 N–H and O–H groups in total. The molecule has 0 spiro atoms. The second kappa shape index (κ2) is 7.90. The number of ether oxygens (including phenoxy) is 1. The van der Waals surface area contributed by atoms with Gasteiger partial charge in [-0.15, -0.1) is 0 Å². The van der Waals surface area contributed by atoms with Crippen molar-refractivity contribution in [3.8, 4) is 0 Å². The van der Waals surface area contributed by atoms with Gasteiger partial charge in [-0.2, -0.15) is 0 Å². The zero-order valence-electron chi connectivity index (χ0n) is 14.2. The molecular formula is C17H23BrFNO3. The molecule has 0 fully saturated rings. The van der Waals surface area contributed by atoms with Crippen LogP contribution < -0.4 is 0 Å². The molecule has 23 heavy (non-hydrogen) atoms. The average molecular weight is 388 g/mol. The highest BCUT2D eigenvalue weighted by molar-refractivity contribution is 9.09. The normalized spacial score (nSPS) is 12.7. The Morgan fingerprint density at radius 3 is 2.39 bits per heavy atom. The van der Waals surface area contributed by atoms with Crippen LogP contribution in [0.25, 0.3) is 0 Å². The second-order valence-corrected chi connectivity index (χ2v) is 6.87. The first kappa shape index (κ1) is 19.6. The molecule has 0 saturated carbocycles. The molecule has 0 aliphatic heterocycles. The number of alkyl halides is 1. The number of carbonyl (C=O) groups excluding carboxylic acids is 2. The number of benzene rings is 1. The van der Waals surface area contributed by atoms with E-state index < -0.39 is 17.5 Å². The molecule has 1 unspecified atom stereocenters. The summed E-state index contributed by atoms with van der Waals surface area (Å²) in [5.74, 6) is -0.898. The first-order valence-corrected chi connectivity index (χ1v) is 8.57. The number of hydrogen-bond donors (Lipinski definition) is 0. The van der Waals surface area contributed by atoms with E-state index in [9.17, 15) is 14.0 Å². The molecule has 0 heterocycles. The highest BCUT2D eigenvalue weighted by Gasteiger charge is 2.26. The minimum Gasteiger partial charge on any atom is -0.444 e. The minimum atomic E-state index is -0.596. The van der Waals surface area contributed by atoms with Crippen molar-refractivity contribution in [1.29, 1.82) is 0 Å². The molecular weight excluding hydrogens is 365 g/mol. The van der Waals surface area contributed by atoms with Crippen molar-refractivity contribution in [2.24, 2.45) is 0 Å². The molecule has 6 heteroatoms. The van der Waals surface area contributed by atoms with Gasteiger partial charge in [0.2, 0.25) is 0 Å². The van der Waals surface area contributed by atoms with E-state index in [1.165, 1.54) is 17.0 Å². The summed E-state index contributed by atoms with van der Waals surface area (Å²) in [7, 11) is 1.62. The van der Waals surface area contributed by atoms with Gasteiger partial charge in [-0.25, -0.2) is 9.18 Å². The lowest BCUT2D eigenvalue weighted by Crippen LogP contribution is -2.36. The summed E-state index contributed by atoms with van der Waals surface area (Å²) >= 11 is 3.03. The Balaban J connectivity index is 3.04. The number of carbonyl (C=O) groups is 2. The monoisotopic (exact) mass is 387 g/mol. The summed E-state index contributed by atoms with van der Waals surface area (Å²) in [6.45, 7) is 7.28. The molecule has 1 atom stereocenters. The molecule has 1 aromatic carbocycles. The van der Waals surface area contributed by atoms with Crippen molar-refractivity contribution in [3.05, 3.63) is 35.1 Å². The first-order chi connectivity index (χ1) is 10.6. The van der Waals surface area contributed by atoms with Gasteiger partial charge in [-0.05, 0) is 44.9 Å². The maximum Gasteiger partial charge on any atom is 0.410 e. The van der Waals surface area contributed by atoms with Gasteiger partial charge in [0.1, 0.15) is 11.4 Å². The SMILES string of the molecule is CCC(c1ccc(C(=O)CBr)c(F)c1)N(C)C(=O)OC(C)(C)C. The van der Waals surface area contributed by atoms with E-state index in [4.69, 9.17) is 4.74 Å². The molecule has 0 aliphatic rings. The van der Waals surface area contributed by atoms with Crippen LogP contribution in [0.5, 0.6) is 0 Å². The molecule has 0 bridgehead atoms. The number of Topliss-reactive ketones (excluding diaryl/α,β-unsaturated/α-hetero) is 1. The van der Waals surface area contributed by atoms with Crippen LogP contribution in [0.2, 0.25) is 0 Å². The second-order valence-electron chi connectivity index (χ2n) is 6.31. The Labute approximate surface area is 145 Å². The third-order valence-electron chi connectivity index (χ3n) is 3.34. The minimum absolute atomic E-state index is 0.0420. The third-order valence-corrected chi connectivity index (χ3v) is 3.84. The number of amides is 1. The maximum absolute atomic E-state index is 14.1. The fraction of sp³-hybridized carbons (Fsp3) is 0.529. The van der Waals surface area contributed by atoms with E-state index in [1.807, 2.05) is 6.92 Å². The van der Waals surface area contributed by atoms with Gasteiger partial charge < -0.3 is 9.64 Å². The van der Waals surface area contributed by atoms with Crippen molar-refractivity contribution in [2.75, 3.05) is 12.4 Å². The Hall–Kier alpha value is -1.43. The summed E-state index contributed by atoms with van der Waals surface area (Å²) in [5.41, 5.74) is 0.0750. The van der Waals surface area contributed by atoms with E-state index in [0.717, 1.165) is 0 Å². The largest absolute Gasteiger partial charge is 0.444 e. The standard InChI is InChI=1S/C17H23BrFNO3/c1-6-14(20(5)16(22)23-17(2,3)4)11-7-8-12(13(19)9-11)15(21)10-18/h7-9,14H,6,10H2,1-5H3. The van der Waals surface area contributed by atoms with Gasteiger partial charge in [0.05, 0.1) is 16.9 Å². The molecule has 0 saturated heterocycles. The number of halogens is 2. The molecule has 4 nitrogen and oxygen atoms in total. The molecule has 1 aromatic rings. The summed E-state index contributed by atoms with van der Waals surface area (Å²) in [4.78, 5) is 25.3. The Morgan fingerprint density at radius 2 is 1.96 bits per heavy atom. The first-order valence-electron chi connectivity index (χ1n) is 7.45. The van der Waals surface area contributed by atoms with Crippen LogP contribution in [0.15, 0.2) is 18.2 Å². The van der Waals surface area contributed by atoms with Crippen LogP contribution >= 0.6 is 15.9 Å². The van der Waals surface area contributed by atoms with Crippen LogP contribution in [0.1, 0.15) is 56.1 Å². The molecule has 0 aliphatic carbocycles. The lowest BCUT2D eigenvalue weighted by atomic mass is 10.00. The van der Waals surface area contributed by atoms with Crippen LogP contribution in [0, 0.1) is 5.82 Å². The number of rotatable bonds is 5. The maximum atomic E-state index is 14.1. The summed E-state index contributed by atoms with van der Waals surface area (Å²) < 4.78 is 19.5. The fourth-order valence-electron chi connectivity index (χ4n) is 2.23. The van der Waals surface area contributed by atoms with Crippen LogP contribution in [0.3, 0.4) is 0 Å². The van der Waals surface area contributed by atoms with Gasteiger partial charge >= 0.3 is 6.09 Å². The summed E-state index contributed by atoms with van der Waals surface area (Å²) in [5, 5.41) is 0.0677. The van der Waals surface area contributed by atoms with Gasteiger partial charge in [0.15, 0.2) is 5.78 Å². The van der Waals surface area contributed by atoms with Crippen molar-refractivity contribution in [2.45, 2.75) is 45.8 Å².